The number of fused-ring (bicyclic) bond motifs is 1. The molecule has 0 saturated carbocycles. The van der Waals surface area contributed by atoms with Crippen molar-refractivity contribution < 1.29 is 19.0 Å². The van der Waals surface area contributed by atoms with Crippen LogP contribution in [-0.4, -0.2) is 34.5 Å². The third-order valence-electron chi connectivity index (χ3n) is 5.90. The normalized spacial score (nSPS) is 14.6. The molecule has 0 amide bonds. The first kappa shape index (κ1) is 23.2. The average Bonchev–Trinajstić information content (AvgIpc) is 3.40. The van der Waals surface area contributed by atoms with Crippen LogP contribution in [0.2, 0.25) is 0 Å². The molecule has 182 valence electrons. The van der Waals surface area contributed by atoms with E-state index in [0.717, 1.165) is 16.7 Å². The smallest absolute Gasteiger partial charge is 0.338 e. The van der Waals surface area contributed by atoms with Gasteiger partial charge in [0.25, 0.3) is 0 Å². The second-order valence-corrected chi connectivity index (χ2v) is 8.12. The van der Waals surface area contributed by atoms with Crippen molar-refractivity contribution in [3.63, 3.8) is 0 Å². The van der Waals surface area contributed by atoms with E-state index in [1.165, 1.54) is 6.33 Å². The summed E-state index contributed by atoms with van der Waals surface area (Å²) in [5.74, 6) is 1.24. The number of ether oxygens (including phenoxy) is 3. The highest BCUT2D eigenvalue weighted by Gasteiger charge is 2.36. The fourth-order valence-electron chi connectivity index (χ4n) is 4.24. The van der Waals surface area contributed by atoms with Crippen molar-refractivity contribution in [1.82, 2.24) is 14.8 Å². The molecule has 0 bridgehead atoms. The molecule has 1 atom stereocenters. The highest BCUT2D eigenvalue weighted by Crippen LogP contribution is 2.41. The largest absolute Gasteiger partial charge is 0.493 e. The van der Waals surface area contributed by atoms with Gasteiger partial charge in [0.2, 0.25) is 5.95 Å². The van der Waals surface area contributed by atoms with Gasteiger partial charge in [0.15, 0.2) is 11.5 Å². The van der Waals surface area contributed by atoms with E-state index < -0.39 is 12.0 Å². The van der Waals surface area contributed by atoms with Gasteiger partial charge in [0.1, 0.15) is 19.0 Å². The van der Waals surface area contributed by atoms with E-state index >= 15 is 0 Å². The number of hydrogen-bond acceptors (Lipinski definition) is 7. The van der Waals surface area contributed by atoms with E-state index in [1.807, 2.05) is 78.9 Å². The average molecular weight is 483 g/mol. The summed E-state index contributed by atoms with van der Waals surface area (Å²) in [6, 6.07) is 24.6. The van der Waals surface area contributed by atoms with Gasteiger partial charge >= 0.3 is 5.97 Å². The van der Waals surface area contributed by atoms with E-state index in [-0.39, 0.29) is 6.61 Å². The zero-order valence-corrected chi connectivity index (χ0v) is 20.0. The molecule has 0 saturated heterocycles. The molecule has 0 spiro atoms. The highest BCUT2D eigenvalue weighted by molar-refractivity contribution is 6.02. The molecule has 0 fully saturated rings. The van der Waals surface area contributed by atoms with Gasteiger partial charge in [-0.2, -0.15) is 10.1 Å². The molecule has 1 aromatic heterocycles. The van der Waals surface area contributed by atoms with Crippen molar-refractivity contribution in [1.29, 1.82) is 0 Å². The number of benzene rings is 3. The minimum atomic E-state index is -0.588. The van der Waals surface area contributed by atoms with Crippen LogP contribution in [0.15, 0.2) is 90.8 Å². The maximum atomic E-state index is 13.3. The lowest BCUT2D eigenvalue weighted by Gasteiger charge is -2.30. The van der Waals surface area contributed by atoms with Crippen molar-refractivity contribution in [2.24, 2.45) is 0 Å². The summed E-state index contributed by atoms with van der Waals surface area (Å²) in [6.45, 7) is 2.44. The number of anilines is 1. The third-order valence-corrected chi connectivity index (χ3v) is 5.90. The predicted molar refractivity (Wildman–Crippen MR) is 136 cm³/mol. The van der Waals surface area contributed by atoms with Crippen molar-refractivity contribution >= 4 is 17.6 Å². The molecule has 8 nitrogen and oxygen atoms in total. The maximum Gasteiger partial charge on any atom is 0.338 e. The lowest BCUT2D eigenvalue weighted by atomic mass is 9.92. The molecular weight excluding hydrogens is 456 g/mol. The highest BCUT2D eigenvalue weighted by atomic mass is 16.5. The van der Waals surface area contributed by atoms with Crippen LogP contribution in [0.1, 0.15) is 29.7 Å². The number of nitrogens with zero attached hydrogens (tertiary/aromatic N) is 3. The van der Waals surface area contributed by atoms with Gasteiger partial charge in [0.05, 0.1) is 25.0 Å². The molecule has 8 heteroatoms. The quantitative estimate of drug-likeness (QED) is 0.359. The minimum Gasteiger partial charge on any atom is -0.493 e. The summed E-state index contributed by atoms with van der Waals surface area (Å²) < 4.78 is 18.9. The molecule has 1 N–H and O–H groups in total. The van der Waals surface area contributed by atoms with Crippen LogP contribution < -0.4 is 14.8 Å². The van der Waals surface area contributed by atoms with Crippen molar-refractivity contribution in [2.75, 3.05) is 19.0 Å². The van der Waals surface area contributed by atoms with E-state index in [1.54, 1.807) is 18.7 Å². The Bertz CT molecular complexity index is 1380. The van der Waals surface area contributed by atoms with Crippen molar-refractivity contribution in [2.45, 2.75) is 19.6 Å². The SMILES string of the molecule is CCOC(=O)C1=C(c2ccccc2)Nc2ncnn2[C@H]1c1ccc(OCc2ccccc2)c(OC)c1. The second kappa shape index (κ2) is 10.4. The number of nitrogens with one attached hydrogen (secondary N) is 1. The van der Waals surface area contributed by atoms with Crippen LogP contribution in [-0.2, 0) is 16.1 Å². The first-order valence-electron chi connectivity index (χ1n) is 11.7. The maximum absolute atomic E-state index is 13.3. The summed E-state index contributed by atoms with van der Waals surface area (Å²) in [5.41, 5.74) is 3.73. The predicted octanol–water partition coefficient (Wildman–Crippen LogP) is 4.86. The zero-order valence-electron chi connectivity index (χ0n) is 20.0. The molecule has 0 radical (unpaired) electrons. The minimum absolute atomic E-state index is 0.247. The molecule has 4 aromatic rings. The van der Waals surface area contributed by atoms with Crippen LogP contribution >= 0.6 is 0 Å². The summed E-state index contributed by atoms with van der Waals surface area (Å²) in [4.78, 5) is 17.7. The molecule has 0 unspecified atom stereocenters. The number of carbonyl (C=O) groups is 1. The van der Waals surface area contributed by atoms with Gasteiger partial charge in [-0.1, -0.05) is 66.7 Å². The number of carbonyl (C=O) groups excluding carboxylic acids is 1. The topological polar surface area (TPSA) is 87.5 Å². The van der Waals surface area contributed by atoms with Crippen LogP contribution in [0.3, 0.4) is 0 Å². The van der Waals surface area contributed by atoms with Gasteiger partial charge in [-0.15, -0.1) is 0 Å². The van der Waals surface area contributed by atoms with Crippen LogP contribution in [0.4, 0.5) is 5.95 Å². The number of methoxy groups -OCH3 is 1. The summed E-state index contributed by atoms with van der Waals surface area (Å²) in [6.07, 6.45) is 1.46. The number of rotatable bonds is 8. The van der Waals surface area contributed by atoms with Gasteiger partial charge in [-0.25, -0.2) is 9.48 Å². The Morgan fingerprint density at radius 3 is 2.47 bits per heavy atom. The molecule has 5 rings (SSSR count). The van der Waals surface area contributed by atoms with Crippen LogP contribution in [0.25, 0.3) is 5.70 Å². The lowest BCUT2D eigenvalue weighted by molar-refractivity contribution is -0.138. The third kappa shape index (κ3) is 4.53. The Balaban J connectivity index is 1.59. The zero-order chi connectivity index (χ0) is 24.9. The number of esters is 1. The standard InChI is InChI=1S/C28H26N4O4/c1-3-35-27(33)24-25(20-12-8-5-9-13-20)31-28-29-18-30-32(28)26(24)21-14-15-22(23(16-21)34-2)36-17-19-10-6-4-7-11-19/h4-16,18,26H,3,17H2,1-2H3,(H,29,30,31)/t26-/m0/s1. The monoisotopic (exact) mass is 482 g/mol. The fraction of sp³-hybridized carbons (Fsp3) is 0.179. The fourth-order valence-corrected chi connectivity index (χ4v) is 4.24. The molecule has 3 aromatic carbocycles. The second-order valence-electron chi connectivity index (χ2n) is 8.12. The molecular formula is C28H26N4O4. The molecule has 2 heterocycles. The van der Waals surface area contributed by atoms with Gasteiger partial charge < -0.3 is 19.5 Å². The van der Waals surface area contributed by atoms with Crippen LogP contribution in [0.5, 0.6) is 11.5 Å². The van der Waals surface area contributed by atoms with E-state index in [4.69, 9.17) is 14.2 Å². The van der Waals surface area contributed by atoms with Crippen molar-refractivity contribution in [3.05, 3.63) is 107 Å². The Kier molecular flexibility index (Phi) is 6.66. The van der Waals surface area contributed by atoms with Crippen molar-refractivity contribution in [3.8, 4) is 11.5 Å². The molecule has 1 aliphatic rings. The molecule has 36 heavy (non-hydrogen) atoms. The Morgan fingerprint density at radius 1 is 1.00 bits per heavy atom. The summed E-state index contributed by atoms with van der Waals surface area (Å²) in [5, 5.41) is 7.69. The van der Waals surface area contributed by atoms with Crippen LogP contribution in [0, 0.1) is 0 Å². The van der Waals surface area contributed by atoms with E-state index in [9.17, 15) is 4.79 Å². The Hall–Kier alpha value is -4.59. The Labute approximate surface area is 209 Å². The van der Waals surface area contributed by atoms with E-state index in [0.29, 0.717) is 35.3 Å². The number of hydrogen-bond donors (Lipinski definition) is 1. The number of aromatic nitrogens is 3. The first-order valence-corrected chi connectivity index (χ1v) is 11.7. The summed E-state index contributed by atoms with van der Waals surface area (Å²) in [7, 11) is 1.59. The Morgan fingerprint density at radius 2 is 1.75 bits per heavy atom. The lowest BCUT2D eigenvalue weighted by Crippen LogP contribution is -2.30. The first-order chi connectivity index (χ1) is 17.7. The summed E-state index contributed by atoms with van der Waals surface area (Å²) >= 11 is 0. The molecule has 1 aliphatic heterocycles. The molecule has 0 aliphatic carbocycles. The van der Waals surface area contributed by atoms with Gasteiger partial charge in [0, 0.05) is 0 Å². The van der Waals surface area contributed by atoms with Gasteiger partial charge in [-0.3, -0.25) is 0 Å². The van der Waals surface area contributed by atoms with Gasteiger partial charge in [-0.05, 0) is 35.7 Å². The van der Waals surface area contributed by atoms with E-state index in [2.05, 4.69) is 15.4 Å².